The molecule has 0 aliphatic carbocycles. The van der Waals surface area contributed by atoms with Gasteiger partial charge in [-0.2, -0.15) is 0 Å². The molecule has 146 valence electrons. The standard InChI is InChI=1S/C19H25N3O5/c23-18(20-15-1-2-16-17(11-15)27-10-9-26-16)13-21-4-3-14(12-21)19(24)22-5-7-25-8-6-22/h1-2,11,14H,3-10,12-13H2,(H,20,23). The fraction of sp³-hybridized carbons (Fsp3) is 0.579. The molecule has 3 aliphatic heterocycles. The summed E-state index contributed by atoms with van der Waals surface area (Å²) in [5.41, 5.74) is 0.685. The Morgan fingerprint density at radius 1 is 1.04 bits per heavy atom. The second-order valence-corrected chi connectivity index (χ2v) is 7.06. The maximum absolute atomic E-state index is 12.6. The first-order valence-corrected chi connectivity index (χ1v) is 9.47. The second-order valence-electron chi connectivity index (χ2n) is 7.06. The lowest BCUT2D eigenvalue weighted by Crippen LogP contribution is -2.44. The lowest BCUT2D eigenvalue weighted by molar-refractivity contribution is -0.139. The van der Waals surface area contributed by atoms with Crippen molar-refractivity contribution in [1.29, 1.82) is 0 Å². The molecule has 2 fully saturated rings. The van der Waals surface area contributed by atoms with Crippen LogP contribution < -0.4 is 14.8 Å². The molecule has 0 radical (unpaired) electrons. The minimum absolute atomic E-state index is 0.0230. The number of ether oxygens (including phenoxy) is 3. The van der Waals surface area contributed by atoms with Gasteiger partial charge in [0.05, 0.1) is 25.7 Å². The molecule has 1 aromatic rings. The number of nitrogens with one attached hydrogen (secondary N) is 1. The Kier molecular flexibility index (Phi) is 5.45. The van der Waals surface area contributed by atoms with Crippen LogP contribution in [0.3, 0.4) is 0 Å². The number of benzene rings is 1. The number of rotatable bonds is 4. The van der Waals surface area contributed by atoms with Crippen LogP contribution in [0.1, 0.15) is 6.42 Å². The molecule has 3 heterocycles. The van der Waals surface area contributed by atoms with Crippen molar-refractivity contribution < 1.29 is 23.8 Å². The van der Waals surface area contributed by atoms with Crippen molar-refractivity contribution >= 4 is 17.5 Å². The largest absolute Gasteiger partial charge is 0.486 e. The molecule has 1 N–H and O–H groups in total. The molecule has 1 aromatic carbocycles. The quantitative estimate of drug-likeness (QED) is 0.829. The SMILES string of the molecule is O=C(CN1CCC(C(=O)N2CCOCC2)C1)Nc1ccc2c(c1)OCCO2. The third-order valence-corrected chi connectivity index (χ3v) is 5.14. The molecule has 0 spiro atoms. The molecule has 0 saturated carbocycles. The van der Waals surface area contributed by atoms with Crippen LogP contribution in [0, 0.1) is 5.92 Å². The predicted molar refractivity (Wildman–Crippen MR) is 98.0 cm³/mol. The van der Waals surface area contributed by atoms with E-state index in [4.69, 9.17) is 14.2 Å². The van der Waals surface area contributed by atoms with Crippen LogP contribution in [0.2, 0.25) is 0 Å². The van der Waals surface area contributed by atoms with Crippen LogP contribution >= 0.6 is 0 Å². The number of fused-ring (bicyclic) bond motifs is 1. The lowest BCUT2D eigenvalue weighted by Gasteiger charge is -2.29. The van der Waals surface area contributed by atoms with Gasteiger partial charge in [0, 0.05) is 31.4 Å². The summed E-state index contributed by atoms with van der Waals surface area (Å²) in [6.07, 6.45) is 0.799. The highest BCUT2D eigenvalue weighted by Gasteiger charge is 2.32. The third-order valence-electron chi connectivity index (χ3n) is 5.14. The molecule has 27 heavy (non-hydrogen) atoms. The third kappa shape index (κ3) is 4.33. The number of anilines is 1. The van der Waals surface area contributed by atoms with Crippen molar-refractivity contribution in [2.24, 2.45) is 5.92 Å². The first-order chi connectivity index (χ1) is 13.2. The Morgan fingerprint density at radius 3 is 2.63 bits per heavy atom. The van der Waals surface area contributed by atoms with E-state index in [2.05, 4.69) is 5.32 Å². The van der Waals surface area contributed by atoms with Gasteiger partial charge in [0.2, 0.25) is 11.8 Å². The Morgan fingerprint density at radius 2 is 1.81 bits per heavy atom. The van der Waals surface area contributed by atoms with Gasteiger partial charge < -0.3 is 24.4 Å². The number of nitrogens with zero attached hydrogens (tertiary/aromatic N) is 2. The van der Waals surface area contributed by atoms with Gasteiger partial charge in [0.15, 0.2) is 11.5 Å². The minimum atomic E-state index is -0.0915. The summed E-state index contributed by atoms with van der Waals surface area (Å²) in [6.45, 7) is 5.27. The summed E-state index contributed by atoms with van der Waals surface area (Å²) < 4.78 is 16.3. The minimum Gasteiger partial charge on any atom is -0.486 e. The molecule has 3 aliphatic rings. The van der Waals surface area contributed by atoms with Crippen molar-refractivity contribution in [1.82, 2.24) is 9.80 Å². The second kappa shape index (κ2) is 8.14. The van der Waals surface area contributed by atoms with Gasteiger partial charge in [-0.25, -0.2) is 0 Å². The Balaban J connectivity index is 1.27. The molecule has 8 nitrogen and oxygen atoms in total. The lowest BCUT2D eigenvalue weighted by atomic mass is 10.1. The van der Waals surface area contributed by atoms with E-state index < -0.39 is 0 Å². The van der Waals surface area contributed by atoms with Crippen molar-refractivity contribution in [3.63, 3.8) is 0 Å². The number of amides is 2. The molecule has 0 bridgehead atoms. The van der Waals surface area contributed by atoms with Gasteiger partial charge in [-0.3, -0.25) is 14.5 Å². The van der Waals surface area contributed by atoms with E-state index in [1.54, 1.807) is 18.2 Å². The monoisotopic (exact) mass is 375 g/mol. The average molecular weight is 375 g/mol. The number of morpholine rings is 1. The number of hydrogen-bond donors (Lipinski definition) is 1. The van der Waals surface area contributed by atoms with Crippen molar-refractivity contribution in [3.8, 4) is 11.5 Å². The smallest absolute Gasteiger partial charge is 0.238 e. The van der Waals surface area contributed by atoms with Gasteiger partial charge in [-0.15, -0.1) is 0 Å². The molecule has 2 amide bonds. The zero-order valence-corrected chi connectivity index (χ0v) is 15.3. The molecule has 2 saturated heterocycles. The van der Waals surface area contributed by atoms with Gasteiger partial charge in [-0.1, -0.05) is 0 Å². The van der Waals surface area contributed by atoms with Crippen LogP contribution in [0.25, 0.3) is 0 Å². The van der Waals surface area contributed by atoms with Crippen LogP contribution in [0.4, 0.5) is 5.69 Å². The van der Waals surface area contributed by atoms with E-state index in [-0.39, 0.29) is 24.3 Å². The van der Waals surface area contributed by atoms with Crippen LogP contribution in [0.15, 0.2) is 18.2 Å². The van der Waals surface area contributed by atoms with Crippen LogP contribution in [-0.4, -0.2) is 80.8 Å². The number of hydrogen-bond acceptors (Lipinski definition) is 6. The topological polar surface area (TPSA) is 80.3 Å². The summed E-state index contributed by atoms with van der Waals surface area (Å²) in [5, 5.41) is 2.90. The van der Waals surface area contributed by atoms with Gasteiger partial charge >= 0.3 is 0 Å². The zero-order valence-electron chi connectivity index (χ0n) is 15.3. The summed E-state index contributed by atoms with van der Waals surface area (Å²) in [7, 11) is 0. The van der Waals surface area contributed by atoms with Gasteiger partial charge in [0.25, 0.3) is 0 Å². The highest BCUT2D eigenvalue weighted by Crippen LogP contribution is 2.32. The summed E-state index contributed by atoms with van der Waals surface area (Å²) in [5.74, 6) is 1.42. The molecular formula is C19H25N3O5. The van der Waals surface area contributed by atoms with E-state index in [1.165, 1.54) is 0 Å². The number of carbonyl (C=O) groups is 2. The highest BCUT2D eigenvalue weighted by molar-refractivity contribution is 5.92. The number of likely N-dealkylation sites (tertiary alicyclic amines) is 1. The maximum atomic E-state index is 12.6. The van der Waals surface area contributed by atoms with Gasteiger partial charge in [-0.05, 0) is 25.1 Å². The summed E-state index contributed by atoms with van der Waals surface area (Å²) in [4.78, 5) is 28.9. The Labute approximate surface area is 158 Å². The van der Waals surface area contributed by atoms with Gasteiger partial charge in [0.1, 0.15) is 13.2 Å². The molecule has 0 aromatic heterocycles. The fourth-order valence-corrected chi connectivity index (χ4v) is 3.74. The van der Waals surface area contributed by atoms with Crippen molar-refractivity contribution in [2.45, 2.75) is 6.42 Å². The fourth-order valence-electron chi connectivity index (χ4n) is 3.74. The molecule has 1 atom stereocenters. The number of carbonyl (C=O) groups excluding carboxylic acids is 2. The average Bonchev–Trinajstić information content (AvgIpc) is 3.16. The van der Waals surface area contributed by atoms with E-state index in [9.17, 15) is 9.59 Å². The molecule has 4 rings (SSSR count). The Bertz CT molecular complexity index is 705. The van der Waals surface area contributed by atoms with E-state index in [0.717, 1.165) is 13.0 Å². The Hall–Kier alpha value is -2.32. The van der Waals surface area contributed by atoms with E-state index in [1.807, 2.05) is 9.80 Å². The van der Waals surface area contributed by atoms with Crippen molar-refractivity contribution in [3.05, 3.63) is 18.2 Å². The van der Waals surface area contributed by atoms with E-state index >= 15 is 0 Å². The van der Waals surface area contributed by atoms with Crippen molar-refractivity contribution in [2.75, 3.05) is 64.5 Å². The first-order valence-electron chi connectivity index (χ1n) is 9.47. The highest BCUT2D eigenvalue weighted by atomic mass is 16.6. The van der Waals surface area contributed by atoms with E-state index in [0.29, 0.717) is 63.2 Å². The van der Waals surface area contributed by atoms with Crippen LogP contribution in [-0.2, 0) is 14.3 Å². The normalized spacial score (nSPS) is 22.5. The molecule has 1 unspecified atom stereocenters. The summed E-state index contributed by atoms with van der Waals surface area (Å²) in [6, 6.07) is 5.39. The zero-order chi connectivity index (χ0) is 18.6. The first kappa shape index (κ1) is 18.1. The summed E-state index contributed by atoms with van der Waals surface area (Å²) >= 11 is 0. The predicted octanol–water partition coefficient (Wildman–Crippen LogP) is 0.577. The van der Waals surface area contributed by atoms with Crippen LogP contribution in [0.5, 0.6) is 11.5 Å². The molecule has 8 heteroatoms. The maximum Gasteiger partial charge on any atom is 0.238 e. The molecular weight excluding hydrogens is 350 g/mol.